The molecule has 1 aromatic carbocycles. The van der Waals surface area contributed by atoms with Crippen molar-refractivity contribution in [2.75, 3.05) is 25.1 Å². The zero-order valence-electron chi connectivity index (χ0n) is 10.8. The molecule has 0 unspecified atom stereocenters. The average Bonchev–Trinajstić information content (AvgIpc) is 2.41. The molecular weight excluding hydrogens is 263 g/mol. The van der Waals surface area contributed by atoms with Crippen LogP contribution in [0.15, 0.2) is 18.2 Å². The van der Waals surface area contributed by atoms with E-state index in [1.165, 1.54) is 12.1 Å². The highest BCUT2D eigenvalue weighted by Crippen LogP contribution is 2.10. The second-order valence-electron chi connectivity index (χ2n) is 3.80. The number of thioether (sulfide) groups is 1. The molecule has 0 heterocycles. The van der Waals surface area contributed by atoms with Gasteiger partial charge in [0.05, 0.1) is 12.1 Å². The minimum Gasteiger partial charge on any atom is -0.352 e. The fourth-order valence-corrected chi connectivity index (χ4v) is 1.88. The van der Waals surface area contributed by atoms with Crippen molar-refractivity contribution in [2.24, 2.45) is 5.73 Å². The molecule has 0 aliphatic carbocycles. The number of nitrogens with one attached hydrogen (secondary N) is 1. The molecule has 0 bridgehead atoms. The van der Waals surface area contributed by atoms with Crippen molar-refractivity contribution in [2.45, 2.75) is 6.42 Å². The van der Waals surface area contributed by atoms with Gasteiger partial charge >= 0.3 is 0 Å². The van der Waals surface area contributed by atoms with Crippen molar-refractivity contribution in [1.82, 2.24) is 5.32 Å². The number of carbonyl (C=O) groups excluding carboxylic acids is 1. The van der Waals surface area contributed by atoms with E-state index in [4.69, 9.17) is 5.73 Å². The van der Waals surface area contributed by atoms with Crippen molar-refractivity contribution >= 4 is 17.7 Å². The SMILES string of the molecule is CSCCCNC(=O)c1ccc(C#CCN)cc1F. The minimum absolute atomic E-state index is 0.0439. The highest BCUT2D eigenvalue weighted by Gasteiger charge is 2.11. The van der Waals surface area contributed by atoms with Gasteiger partial charge in [0, 0.05) is 12.1 Å². The lowest BCUT2D eigenvalue weighted by molar-refractivity contribution is 0.0950. The van der Waals surface area contributed by atoms with E-state index in [1.54, 1.807) is 17.8 Å². The van der Waals surface area contributed by atoms with Gasteiger partial charge in [-0.1, -0.05) is 11.8 Å². The van der Waals surface area contributed by atoms with Crippen LogP contribution >= 0.6 is 11.8 Å². The smallest absolute Gasteiger partial charge is 0.254 e. The number of benzene rings is 1. The maximum absolute atomic E-state index is 13.7. The second kappa shape index (κ2) is 8.57. The summed E-state index contributed by atoms with van der Waals surface area (Å²) in [5, 5.41) is 2.69. The van der Waals surface area contributed by atoms with E-state index in [9.17, 15) is 9.18 Å². The molecule has 1 amide bonds. The maximum atomic E-state index is 13.7. The Morgan fingerprint density at radius 2 is 2.32 bits per heavy atom. The van der Waals surface area contributed by atoms with Crippen LogP contribution in [-0.2, 0) is 0 Å². The van der Waals surface area contributed by atoms with Gasteiger partial charge in [-0.2, -0.15) is 11.8 Å². The molecule has 1 rings (SSSR count). The Balaban J connectivity index is 2.65. The Kier molecular flexibility index (Phi) is 7.01. The molecule has 0 aliphatic rings. The Morgan fingerprint density at radius 1 is 1.53 bits per heavy atom. The largest absolute Gasteiger partial charge is 0.352 e. The first-order valence-corrected chi connectivity index (χ1v) is 7.34. The Morgan fingerprint density at radius 3 is 2.95 bits per heavy atom. The lowest BCUT2D eigenvalue weighted by Gasteiger charge is -2.05. The quantitative estimate of drug-likeness (QED) is 0.636. The van der Waals surface area contributed by atoms with Crippen LogP contribution in [0.5, 0.6) is 0 Å². The standard InChI is InChI=1S/C14H17FN2OS/c1-19-9-3-8-17-14(18)12-6-5-11(4-2-7-16)10-13(12)15/h5-6,10H,3,7-9,16H2,1H3,(H,17,18). The van der Waals surface area contributed by atoms with E-state index in [0.717, 1.165) is 12.2 Å². The van der Waals surface area contributed by atoms with E-state index < -0.39 is 11.7 Å². The number of amides is 1. The van der Waals surface area contributed by atoms with Gasteiger partial charge in [-0.05, 0) is 36.6 Å². The first-order valence-electron chi connectivity index (χ1n) is 5.94. The predicted molar refractivity (Wildman–Crippen MR) is 77.7 cm³/mol. The van der Waals surface area contributed by atoms with E-state index in [1.807, 2.05) is 6.26 Å². The second-order valence-corrected chi connectivity index (χ2v) is 4.79. The molecule has 5 heteroatoms. The molecular formula is C14H17FN2OS. The van der Waals surface area contributed by atoms with Gasteiger partial charge in [-0.15, -0.1) is 0 Å². The predicted octanol–water partition coefficient (Wildman–Crippen LogP) is 1.62. The average molecular weight is 280 g/mol. The monoisotopic (exact) mass is 280 g/mol. The zero-order chi connectivity index (χ0) is 14.1. The Hall–Kier alpha value is -1.51. The number of nitrogens with two attached hydrogens (primary N) is 1. The minimum atomic E-state index is -0.564. The van der Waals surface area contributed by atoms with Crippen LogP contribution in [0, 0.1) is 17.7 Å². The summed E-state index contributed by atoms with van der Waals surface area (Å²) in [5.74, 6) is 5.37. The van der Waals surface area contributed by atoms with Crippen LogP contribution in [0.1, 0.15) is 22.3 Å². The third-order valence-electron chi connectivity index (χ3n) is 2.36. The van der Waals surface area contributed by atoms with Gasteiger partial charge in [0.25, 0.3) is 5.91 Å². The van der Waals surface area contributed by atoms with Crippen molar-refractivity contribution in [3.05, 3.63) is 35.1 Å². The van der Waals surface area contributed by atoms with Crippen LogP contribution in [0.3, 0.4) is 0 Å². The molecule has 0 atom stereocenters. The lowest BCUT2D eigenvalue weighted by atomic mass is 10.1. The first-order chi connectivity index (χ1) is 9.19. The van der Waals surface area contributed by atoms with E-state index >= 15 is 0 Å². The summed E-state index contributed by atoms with van der Waals surface area (Å²) < 4.78 is 13.7. The molecule has 0 aliphatic heterocycles. The van der Waals surface area contributed by atoms with Crippen LogP contribution in [0.25, 0.3) is 0 Å². The van der Waals surface area contributed by atoms with Gasteiger partial charge < -0.3 is 11.1 Å². The Bertz CT molecular complexity index is 494. The summed E-state index contributed by atoms with van der Waals surface area (Å²) in [6.07, 6.45) is 2.87. The molecule has 0 saturated carbocycles. The highest BCUT2D eigenvalue weighted by molar-refractivity contribution is 7.98. The molecule has 1 aromatic rings. The van der Waals surface area contributed by atoms with Gasteiger partial charge in [-0.25, -0.2) is 4.39 Å². The number of hydrogen-bond donors (Lipinski definition) is 2. The van der Waals surface area contributed by atoms with Crippen molar-refractivity contribution in [3.63, 3.8) is 0 Å². The molecule has 0 radical (unpaired) electrons. The first kappa shape index (κ1) is 15.5. The van der Waals surface area contributed by atoms with Crippen molar-refractivity contribution < 1.29 is 9.18 Å². The Labute approximate surface area is 117 Å². The molecule has 0 aromatic heterocycles. The van der Waals surface area contributed by atoms with Gasteiger partial charge in [0.1, 0.15) is 5.82 Å². The van der Waals surface area contributed by atoms with Crippen molar-refractivity contribution in [1.29, 1.82) is 0 Å². The molecule has 19 heavy (non-hydrogen) atoms. The molecule has 0 spiro atoms. The van der Waals surface area contributed by atoms with Crippen LogP contribution in [0.2, 0.25) is 0 Å². The van der Waals surface area contributed by atoms with Crippen LogP contribution in [-0.4, -0.2) is 31.0 Å². The van der Waals surface area contributed by atoms with E-state index in [2.05, 4.69) is 17.2 Å². The normalized spacial score (nSPS) is 9.63. The number of hydrogen-bond acceptors (Lipinski definition) is 3. The van der Waals surface area contributed by atoms with E-state index in [-0.39, 0.29) is 12.1 Å². The molecule has 3 nitrogen and oxygen atoms in total. The lowest BCUT2D eigenvalue weighted by Crippen LogP contribution is -2.25. The summed E-state index contributed by atoms with van der Waals surface area (Å²) in [7, 11) is 0. The summed E-state index contributed by atoms with van der Waals surface area (Å²) in [4.78, 5) is 11.7. The fraction of sp³-hybridized carbons (Fsp3) is 0.357. The fourth-order valence-electron chi connectivity index (χ4n) is 1.44. The molecule has 0 saturated heterocycles. The maximum Gasteiger partial charge on any atom is 0.254 e. The van der Waals surface area contributed by atoms with Crippen molar-refractivity contribution in [3.8, 4) is 11.8 Å². The summed E-state index contributed by atoms with van der Waals surface area (Å²) >= 11 is 1.71. The highest BCUT2D eigenvalue weighted by atomic mass is 32.2. The summed E-state index contributed by atoms with van der Waals surface area (Å²) in [6, 6.07) is 4.31. The molecule has 102 valence electrons. The summed E-state index contributed by atoms with van der Waals surface area (Å²) in [5.41, 5.74) is 5.80. The van der Waals surface area contributed by atoms with Gasteiger partial charge in [-0.3, -0.25) is 4.79 Å². The van der Waals surface area contributed by atoms with Gasteiger partial charge in [0.15, 0.2) is 0 Å². The number of halogens is 1. The topological polar surface area (TPSA) is 55.1 Å². The number of rotatable bonds is 5. The van der Waals surface area contributed by atoms with Gasteiger partial charge in [0.2, 0.25) is 0 Å². The summed E-state index contributed by atoms with van der Waals surface area (Å²) in [6.45, 7) is 0.771. The third kappa shape index (κ3) is 5.33. The number of carbonyl (C=O) groups is 1. The molecule has 0 fully saturated rings. The third-order valence-corrected chi connectivity index (χ3v) is 3.06. The van der Waals surface area contributed by atoms with Crippen LogP contribution < -0.4 is 11.1 Å². The van der Waals surface area contributed by atoms with E-state index in [0.29, 0.717) is 12.1 Å². The molecule has 3 N–H and O–H groups in total. The zero-order valence-corrected chi connectivity index (χ0v) is 11.6. The van der Waals surface area contributed by atoms with Crippen LogP contribution in [0.4, 0.5) is 4.39 Å².